The van der Waals surface area contributed by atoms with Crippen LogP contribution in [0.25, 0.3) is 0 Å². The van der Waals surface area contributed by atoms with Gasteiger partial charge in [-0.25, -0.2) is 13.2 Å². The Morgan fingerprint density at radius 1 is 1.24 bits per heavy atom. The maximum Gasteiger partial charge on any atom is 0.417 e. The van der Waals surface area contributed by atoms with Crippen LogP contribution in [0.3, 0.4) is 0 Å². The maximum atomic E-state index is 14.6. The fourth-order valence-electron chi connectivity index (χ4n) is 4.11. The van der Waals surface area contributed by atoms with Crippen molar-refractivity contribution in [2.45, 2.75) is 50.2 Å². The average molecular weight is 540 g/mol. The number of ether oxygens (including phenoxy) is 2. The number of aromatic nitrogens is 1. The van der Waals surface area contributed by atoms with Gasteiger partial charge in [0.25, 0.3) is 12.3 Å². The van der Waals surface area contributed by atoms with Crippen molar-refractivity contribution in [3.63, 3.8) is 0 Å². The predicted molar refractivity (Wildman–Crippen MR) is 114 cm³/mol. The summed E-state index contributed by atoms with van der Waals surface area (Å²) >= 11 is 0. The van der Waals surface area contributed by atoms with Gasteiger partial charge < -0.3 is 25.0 Å². The van der Waals surface area contributed by atoms with Gasteiger partial charge in [-0.15, -0.1) is 0 Å². The second-order valence-electron chi connectivity index (χ2n) is 8.60. The van der Waals surface area contributed by atoms with Gasteiger partial charge in [0.1, 0.15) is 18.8 Å². The lowest BCUT2D eigenvalue weighted by molar-refractivity contribution is -0.272. The standard InChI is InChI=1S/C23H23F7N2O5/c1-10-17(12-4-5-13(24)18(27)19(12)36-9-16(25)26)20(37-22(10,2)23(28,29)30)21(35)32-11-3-6-14(31-7-11)15(34)8-33/h3-7,10,15-17,20,33-34H,8-9H2,1-2H3,(H,32,35)/t10-,15-,17-,20+,22+/m0/s1. The van der Waals surface area contributed by atoms with Gasteiger partial charge in [-0.1, -0.05) is 13.0 Å². The Labute approximate surface area is 206 Å². The monoisotopic (exact) mass is 540 g/mol. The first kappa shape index (κ1) is 28.6. The summed E-state index contributed by atoms with van der Waals surface area (Å²) in [6, 6.07) is 3.94. The fraction of sp³-hybridized carbons (Fsp3) is 0.478. The molecule has 204 valence electrons. The van der Waals surface area contributed by atoms with Crippen LogP contribution in [0.5, 0.6) is 5.75 Å². The van der Waals surface area contributed by atoms with E-state index in [2.05, 4.69) is 10.3 Å². The Hall–Kier alpha value is -2.97. The summed E-state index contributed by atoms with van der Waals surface area (Å²) in [5.41, 5.74) is -3.36. The van der Waals surface area contributed by atoms with E-state index in [1.54, 1.807) is 0 Å². The molecule has 37 heavy (non-hydrogen) atoms. The Morgan fingerprint density at radius 3 is 2.46 bits per heavy atom. The number of nitrogens with one attached hydrogen (secondary N) is 1. The van der Waals surface area contributed by atoms with E-state index in [1.165, 1.54) is 12.1 Å². The lowest BCUT2D eigenvalue weighted by Crippen LogP contribution is -2.47. The van der Waals surface area contributed by atoms with Gasteiger partial charge in [-0.2, -0.15) is 17.6 Å². The minimum Gasteiger partial charge on any atom is -0.484 e. The molecule has 0 saturated carbocycles. The average Bonchev–Trinajstić information content (AvgIpc) is 3.11. The van der Waals surface area contributed by atoms with Crippen LogP contribution in [-0.2, 0) is 9.53 Å². The van der Waals surface area contributed by atoms with Gasteiger partial charge in [0.05, 0.1) is 24.2 Å². The van der Waals surface area contributed by atoms with E-state index in [4.69, 9.17) is 14.6 Å². The summed E-state index contributed by atoms with van der Waals surface area (Å²) in [5.74, 6) is -8.54. The van der Waals surface area contributed by atoms with Crippen LogP contribution >= 0.6 is 0 Å². The van der Waals surface area contributed by atoms with Crippen LogP contribution in [0.4, 0.5) is 36.4 Å². The summed E-state index contributed by atoms with van der Waals surface area (Å²) in [6.07, 6.45) is -10.3. The third kappa shape index (κ3) is 5.65. The molecule has 7 nitrogen and oxygen atoms in total. The van der Waals surface area contributed by atoms with Crippen molar-refractivity contribution in [2.75, 3.05) is 18.5 Å². The van der Waals surface area contributed by atoms with Crippen molar-refractivity contribution in [1.82, 2.24) is 4.98 Å². The van der Waals surface area contributed by atoms with Crippen molar-refractivity contribution in [3.05, 3.63) is 53.4 Å². The molecule has 3 rings (SSSR count). The highest BCUT2D eigenvalue weighted by Gasteiger charge is 2.66. The molecule has 1 saturated heterocycles. The van der Waals surface area contributed by atoms with Crippen molar-refractivity contribution in [2.24, 2.45) is 5.92 Å². The van der Waals surface area contributed by atoms with Gasteiger partial charge >= 0.3 is 6.18 Å². The summed E-state index contributed by atoms with van der Waals surface area (Å²) in [6.45, 7) is -0.241. The zero-order valence-electron chi connectivity index (χ0n) is 19.4. The molecule has 2 heterocycles. The summed E-state index contributed by atoms with van der Waals surface area (Å²) < 4.78 is 106. The van der Waals surface area contributed by atoms with Crippen molar-refractivity contribution in [1.29, 1.82) is 0 Å². The zero-order valence-corrected chi connectivity index (χ0v) is 19.4. The number of pyridine rings is 1. The number of hydrogen-bond donors (Lipinski definition) is 3. The van der Waals surface area contributed by atoms with E-state index >= 15 is 0 Å². The summed E-state index contributed by atoms with van der Waals surface area (Å²) in [7, 11) is 0. The van der Waals surface area contributed by atoms with Gasteiger partial charge in [-0.05, 0) is 25.1 Å². The third-order valence-electron chi connectivity index (χ3n) is 6.29. The van der Waals surface area contributed by atoms with Gasteiger partial charge in [0.15, 0.2) is 17.2 Å². The first-order chi connectivity index (χ1) is 17.2. The number of benzene rings is 1. The molecule has 0 bridgehead atoms. The number of anilines is 1. The Balaban J connectivity index is 2.03. The molecule has 5 atom stereocenters. The molecule has 1 aliphatic rings. The van der Waals surface area contributed by atoms with Crippen molar-refractivity contribution in [3.8, 4) is 5.75 Å². The molecule has 0 aliphatic carbocycles. The third-order valence-corrected chi connectivity index (χ3v) is 6.29. The second kappa shape index (κ2) is 10.8. The number of carbonyl (C=O) groups excluding carboxylic acids is 1. The molecule has 0 unspecified atom stereocenters. The molecule has 3 N–H and O–H groups in total. The van der Waals surface area contributed by atoms with Crippen LogP contribution in [0.1, 0.15) is 37.1 Å². The molecular weight excluding hydrogens is 517 g/mol. The Morgan fingerprint density at radius 2 is 1.92 bits per heavy atom. The van der Waals surface area contributed by atoms with Gasteiger partial charge in [0.2, 0.25) is 5.82 Å². The van der Waals surface area contributed by atoms with Crippen LogP contribution in [-0.4, -0.2) is 58.6 Å². The number of alkyl halides is 5. The molecule has 1 fully saturated rings. The van der Waals surface area contributed by atoms with E-state index in [0.29, 0.717) is 13.0 Å². The number of carbonyl (C=O) groups is 1. The Kier molecular flexibility index (Phi) is 8.34. The number of halogens is 7. The van der Waals surface area contributed by atoms with Crippen LogP contribution in [0.2, 0.25) is 0 Å². The molecular formula is C23H23F7N2O5. The molecule has 1 aromatic heterocycles. The van der Waals surface area contributed by atoms with E-state index in [-0.39, 0.29) is 11.4 Å². The minimum absolute atomic E-state index is 0.0195. The normalized spacial score (nSPS) is 24.8. The number of aliphatic hydroxyl groups is 2. The van der Waals surface area contributed by atoms with E-state index in [0.717, 1.165) is 19.2 Å². The molecule has 2 aromatic rings. The lowest BCUT2D eigenvalue weighted by Gasteiger charge is -2.32. The van der Waals surface area contributed by atoms with E-state index < -0.39 is 84.3 Å². The van der Waals surface area contributed by atoms with Crippen molar-refractivity contribution < 1.29 is 55.2 Å². The lowest BCUT2D eigenvalue weighted by atomic mass is 9.77. The van der Waals surface area contributed by atoms with Crippen LogP contribution in [0, 0.1) is 17.6 Å². The fourth-order valence-corrected chi connectivity index (χ4v) is 4.11. The number of nitrogens with zero attached hydrogens (tertiary/aromatic N) is 1. The minimum atomic E-state index is -5.01. The van der Waals surface area contributed by atoms with E-state index in [1.807, 2.05) is 0 Å². The van der Waals surface area contributed by atoms with Gasteiger partial charge in [-0.3, -0.25) is 9.78 Å². The number of hydrogen-bond acceptors (Lipinski definition) is 6. The smallest absolute Gasteiger partial charge is 0.417 e. The molecule has 14 heteroatoms. The Bertz CT molecular complexity index is 1120. The second-order valence-corrected chi connectivity index (χ2v) is 8.60. The van der Waals surface area contributed by atoms with Gasteiger partial charge in [0, 0.05) is 17.4 Å². The topological polar surface area (TPSA) is 101 Å². The largest absolute Gasteiger partial charge is 0.484 e. The van der Waals surface area contributed by atoms with Crippen molar-refractivity contribution >= 4 is 11.6 Å². The number of rotatable bonds is 8. The quantitative estimate of drug-likeness (QED) is 0.436. The molecule has 1 amide bonds. The first-order valence-corrected chi connectivity index (χ1v) is 10.9. The summed E-state index contributed by atoms with van der Waals surface area (Å²) in [4.78, 5) is 17.0. The molecule has 1 aliphatic heterocycles. The molecule has 1 aromatic carbocycles. The predicted octanol–water partition coefficient (Wildman–Crippen LogP) is 4.11. The molecule has 0 radical (unpaired) electrons. The highest BCUT2D eigenvalue weighted by atomic mass is 19.4. The number of amides is 1. The molecule has 0 spiro atoms. The van der Waals surface area contributed by atoms with Crippen LogP contribution < -0.4 is 10.1 Å². The highest BCUT2D eigenvalue weighted by molar-refractivity contribution is 5.95. The summed E-state index contributed by atoms with van der Waals surface area (Å²) in [5, 5.41) is 20.9. The maximum absolute atomic E-state index is 14.6. The zero-order chi connectivity index (χ0) is 27.7. The van der Waals surface area contributed by atoms with E-state index in [9.17, 15) is 40.6 Å². The van der Waals surface area contributed by atoms with Crippen LogP contribution in [0.15, 0.2) is 30.5 Å². The number of aliphatic hydroxyl groups excluding tert-OH is 2. The highest BCUT2D eigenvalue weighted by Crippen LogP contribution is 2.55. The SMILES string of the molecule is C[C@H]1[C@@H](c2ccc(F)c(F)c2OCC(F)F)[C@H](C(=O)Nc2ccc([C@@H](O)CO)nc2)O[C@@]1(C)C(F)(F)F. The first-order valence-electron chi connectivity index (χ1n) is 10.9.